The summed E-state index contributed by atoms with van der Waals surface area (Å²) in [4.78, 5) is 31.3. The van der Waals surface area contributed by atoms with Crippen LogP contribution in [0.2, 0.25) is 0 Å². The number of hydrogen-bond acceptors (Lipinski definition) is 6. The number of anilines is 1. The third-order valence-corrected chi connectivity index (χ3v) is 7.02. The van der Waals surface area contributed by atoms with Crippen LogP contribution in [0.15, 0.2) is 36.7 Å². The highest BCUT2D eigenvalue weighted by Crippen LogP contribution is 2.28. The maximum Gasteiger partial charge on any atom is 0.406 e. The maximum absolute atomic E-state index is 15.3. The number of methoxy groups -OCH3 is 1. The van der Waals surface area contributed by atoms with Crippen LogP contribution in [0.3, 0.4) is 0 Å². The average Bonchev–Trinajstić information content (AvgIpc) is 3.32. The number of piperidine rings is 1. The molecule has 0 radical (unpaired) electrons. The summed E-state index contributed by atoms with van der Waals surface area (Å²) in [5.41, 5.74) is -0.373. The lowest BCUT2D eigenvalue weighted by atomic mass is 9.90. The number of carbonyl (C=O) groups is 2. The van der Waals surface area contributed by atoms with E-state index in [0.717, 1.165) is 10.9 Å². The molecule has 2 heterocycles. The van der Waals surface area contributed by atoms with Gasteiger partial charge in [0.15, 0.2) is 0 Å². The molecule has 42 heavy (non-hydrogen) atoms. The van der Waals surface area contributed by atoms with Crippen molar-refractivity contribution in [3.63, 3.8) is 0 Å². The molecule has 2 atom stereocenters. The zero-order chi connectivity index (χ0) is 30.7. The van der Waals surface area contributed by atoms with E-state index in [1.54, 1.807) is 25.2 Å². The van der Waals surface area contributed by atoms with Crippen LogP contribution < -0.4 is 20.7 Å². The van der Waals surface area contributed by atoms with Crippen LogP contribution in [-0.2, 0) is 6.54 Å². The molecule has 9 nitrogen and oxygen atoms in total. The molecule has 0 bridgehead atoms. The van der Waals surface area contributed by atoms with Crippen molar-refractivity contribution < 1.29 is 31.9 Å². The molecule has 2 amide bonds. The van der Waals surface area contributed by atoms with E-state index < -0.39 is 30.3 Å². The third kappa shape index (κ3) is 7.12. The highest BCUT2D eigenvalue weighted by Gasteiger charge is 2.40. The molecule has 0 aliphatic carbocycles. The molecule has 0 saturated carbocycles. The molecule has 1 fully saturated rings. The van der Waals surface area contributed by atoms with E-state index >= 15 is 4.39 Å². The van der Waals surface area contributed by atoms with Crippen molar-refractivity contribution in [3.05, 3.63) is 53.3 Å². The van der Waals surface area contributed by atoms with E-state index in [4.69, 9.17) is 4.74 Å². The quantitative estimate of drug-likeness (QED) is 0.288. The van der Waals surface area contributed by atoms with Gasteiger partial charge in [0.25, 0.3) is 11.8 Å². The van der Waals surface area contributed by atoms with Gasteiger partial charge in [0.1, 0.15) is 23.5 Å². The topological polar surface area (TPSA) is 101 Å². The SMILES string of the molecule is CNC(=O)c1ccc(OC)c(NCC#Cc2cc(C(=O)N[C@@H]3CCN(C)C[C@]3(C)F)c3ncn(CC(F)(F)F)c3c2)c1. The van der Waals surface area contributed by atoms with Gasteiger partial charge in [-0.05, 0) is 50.7 Å². The minimum absolute atomic E-state index is 0.000333. The second-order valence-corrected chi connectivity index (χ2v) is 10.4. The Morgan fingerprint density at radius 1 is 1.21 bits per heavy atom. The number of aromatic nitrogens is 2. The van der Waals surface area contributed by atoms with Crippen LogP contribution in [0.1, 0.15) is 39.6 Å². The van der Waals surface area contributed by atoms with Gasteiger partial charge in [-0.15, -0.1) is 0 Å². The van der Waals surface area contributed by atoms with Crippen molar-refractivity contribution in [2.45, 2.75) is 37.8 Å². The number of imidazole rings is 1. The van der Waals surface area contributed by atoms with Crippen LogP contribution in [0.25, 0.3) is 11.0 Å². The Morgan fingerprint density at radius 2 is 1.98 bits per heavy atom. The molecule has 224 valence electrons. The van der Waals surface area contributed by atoms with Crippen molar-refractivity contribution in [2.75, 3.05) is 46.2 Å². The molecule has 3 aromatic rings. The van der Waals surface area contributed by atoms with Crippen LogP contribution in [-0.4, -0.2) is 85.0 Å². The smallest absolute Gasteiger partial charge is 0.406 e. The second kappa shape index (κ2) is 12.3. The standard InChI is InChI=1S/C29H32F4N6O3/c1-28(30)15-38(3)11-9-24(28)37-27(41)20-12-18(13-22-25(20)36-17-39(22)16-29(31,32)33)6-5-10-35-21-14-19(26(40)34-2)7-8-23(21)42-4/h7-8,12-14,17,24,35H,9-11,15-16H2,1-4H3,(H,34,40)(H,37,41)/t24-,28+/m1/s1. The Hall–Kier alpha value is -4.31. The lowest BCUT2D eigenvalue weighted by molar-refractivity contribution is -0.139. The zero-order valence-corrected chi connectivity index (χ0v) is 23.7. The third-order valence-electron chi connectivity index (χ3n) is 7.02. The van der Waals surface area contributed by atoms with Gasteiger partial charge in [0.05, 0.1) is 42.8 Å². The predicted molar refractivity (Wildman–Crippen MR) is 150 cm³/mol. The number of amides is 2. The summed E-state index contributed by atoms with van der Waals surface area (Å²) < 4.78 is 61.3. The molecular formula is C29H32F4N6O3. The van der Waals surface area contributed by atoms with Crippen LogP contribution in [0, 0.1) is 11.8 Å². The Bertz CT molecular complexity index is 1540. The van der Waals surface area contributed by atoms with Crippen molar-refractivity contribution >= 4 is 28.5 Å². The first-order chi connectivity index (χ1) is 19.8. The zero-order valence-electron chi connectivity index (χ0n) is 23.7. The van der Waals surface area contributed by atoms with Gasteiger partial charge in [0.2, 0.25) is 0 Å². The van der Waals surface area contributed by atoms with Crippen molar-refractivity contribution in [1.29, 1.82) is 0 Å². The summed E-state index contributed by atoms with van der Waals surface area (Å²) in [6.07, 6.45) is -3.13. The molecule has 1 aromatic heterocycles. The first-order valence-electron chi connectivity index (χ1n) is 13.2. The summed E-state index contributed by atoms with van der Waals surface area (Å²) in [6, 6.07) is 6.93. The fourth-order valence-corrected chi connectivity index (χ4v) is 4.97. The van der Waals surface area contributed by atoms with E-state index in [2.05, 4.69) is 32.8 Å². The lowest BCUT2D eigenvalue weighted by Crippen LogP contribution is -2.58. The number of nitrogens with zero attached hydrogens (tertiary/aromatic N) is 3. The molecule has 0 unspecified atom stereocenters. The summed E-state index contributed by atoms with van der Waals surface area (Å²) in [5, 5.41) is 8.33. The van der Waals surface area contributed by atoms with Gasteiger partial charge in [-0.2, -0.15) is 13.2 Å². The normalized spacial score (nSPS) is 19.1. The molecule has 4 rings (SSSR count). The van der Waals surface area contributed by atoms with Gasteiger partial charge >= 0.3 is 6.18 Å². The fourth-order valence-electron chi connectivity index (χ4n) is 4.97. The average molecular weight is 589 g/mol. The molecule has 2 aromatic carbocycles. The van der Waals surface area contributed by atoms with Crippen molar-refractivity contribution in [2.24, 2.45) is 0 Å². The molecule has 1 aliphatic rings. The number of ether oxygens (including phenoxy) is 1. The Kier molecular flexibility index (Phi) is 8.96. The van der Waals surface area contributed by atoms with Gasteiger partial charge in [-0.3, -0.25) is 9.59 Å². The largest absolute Gasteiger partial charge is 0.495 e. The predicted octanol–water partition coefficient (Wildman–Crippen LogP) is 3.59. The maximum atomic E-state index is 15.3. The first-order valence-corrected chi connectivity index (χ1v) is 13.2. The molecular weight excluding hydrogens is 556 g/mol. The molecule has 3 N–H and O–H groups in total. The summed E-state index contributed by atoms with van der Waals surface area (Å²) in [6.45, 7) is 0.903. The number of likely N-dealkylation sites (tertiary alicyclic amines) is 1. The van der Waals surface area contributed by atoms with Crippen LogP contribution in [0.5, 0.6) is 5.75 Å². The van der Waals surface area contributed by atoms with E-state index in [1.165, 1.54) is 33.2 Å². The van der Waals surface area contributed by atoms with E-state index in [-0.39, 0.29) is 41.2 Å². The number of carbonyl (C=O) groups excluding carboxylic acids is 2. The van der Waals surface area contributed by atoms with Crippen LogP contribution >= 0.6 is 0 Å². The molecule has 1 aliphatic heterocycles. The first kappa shape index (κ1) is 30.6. The Labute approximate surface area is 240 Å². The molecule has 0 spiro atoms. The number of fused-ring (bicyclic) bond motifs is 1. The number of alkyl halides is 4. The number of benzene rings is 2. The fraction of sp³-hybridized carbons (Fsp3) is 0.414. The number of nitrogens with one attached hydrogen (secondary N) is 3. The lowest BCUT2D eigenvalue weighted by Gasteiger charge is -2.39. The highest BCUT2D eigenvalue weighted by atomic mass is 19.4. The van der Waals surface area contributed by atoms with E-state index in [1.807, 2.05) is 4.90 Å². The second-order valence-electron chi connectivity index (χ2n) is 10.4. The van der Waals surface area contributed by atoms with Crippen molar-refractivity contribution in [3.8, 4) is 17.6 Å². The molecule has 13 heteroatoms. The monoisotopic (exact) mass is 588 g/mol. The Morgan fingerprint density at radius 3 is 2.64 bits per heavy atom. The minimum Gasteiger partial charge on any atom is -0.495 e. The van der Waals surface area contributed by atoms with Crippen molar-refractivity contribution in [1.82, 2.24) is 25.1 Å². The summed E-state index contributed by atoms with van der Waals surface area (Å²) in [7, 11) is 4.79. The minimum atomic E-state index is -4.52. The highest BCUT2D eigenvalue weighted by molar-refractivity contribution is 6.05. The van der Waals surface area contributed by atoms with Gasteiger partial charge in [-0.25, -0.2) is 9.37 Å². The van der Waals surface area contributed by atoms with Gasteiger partial charge in [0, 0.05) is 31.3 Å². The number of rotatable bonds is 7. The number of halogens is 4. The van der Waals surface area contributed by atoms with Gasteiger partial charge in [-0.1, -0.05) is 11.8 Å². The molecule has 1 saturated heterocycles. The van der Waals surface area contributed by atoms with Gasteiger partial charge < -0.3 is 30.2 Å². The summed E-state index contributed by atoms with van der Waals surface area (Å²) in [5.74, 6) is 5.32. The van der Waals surface area contributed by atoms with E-state index in [9.17, 15) is 22.8 Å². The van der Waals surface area contributed by atoms with Crippen LogP contribution in [0.4, 0.5) is 23.2 Å². The Balaban J connectivity index is 1.63. The number of hydrogen-bond donors (Lipinski definition) is 3. The van der Waals surface area contributed by atoms with E-state index in [0.29, 0.717) is 30.0 Å². The summed E-state index contributed by atoms with van der Waals surface area (Å²) >= 11 is 0.